The Balaban J connectivity index is 3.17. The van der Waals surface area contributed by atoms with Gasteiger partial charge in [-0.1, -0.05) is 17.7 Å². The van der Waals surface area contributed by atoms with Gasteiger partial charge in [0.1, 0.15) is 5.69 Å². The number of allylic oxidation sites excluding steroid dienone is 2. The van der Waals surface area contributed by atoms with Crippen molar-refractivity contribution in [3.8, 4) is 0 Å². The van der Waals surface area contributed by atoms with Crippen LogP contribution in [-0.2, 0) is 0 Å². The molecule has 1 rings (SSSR count). The smallest absolute Gasteiger partial charge is 0.205 e. The van der Waals surface area contributed by atoms with Gasteiger partial charge in [-0.2, -0.15) is 5.10 Å². The molecule has 0 N–H and O–H groups in total. The molecule has 0 amide bonds. The number of carbonyl (C=O) groups excluding carboxylic acids is 1. The molecule has 76 valence electrons. The minimum absolute atomic E-state index is 0.108. The van der Waals surface area contributed by atoms with Gasteiger partial charge in [-0.25, -0.2) is 0 Å². The van der Waals surface area contributed by atoms with Gasteiger partial charge < -0.3 is 0 Å². The molecular formula is C10H13ClN2O. The van der Waals surface area contributed by atoms with Gasteiger partial charge >= 0.3 is 0 Å². The molecular weight excluding hydrogens is 200 g/mol. The summed E-state index contributed by atoms with van der Waals surface area (Å²) in [5.74, 6) is -0.108. The van der Waals surface area contributed by atoms with Crippen molar-refractivity contribution in [1.82, 2.24) is 9.78 Å². The quantitative estimate of drug-likeness (QED) is 0.571. The van der Waals surface area contributed by atoms with Crippen molar-refractivity contribution in [2.75, 3.05) is 0 Å². The highest BCUT2D eigenvalue weighted by Gasteiger charge is 2.16. The number of hydrogen-bond donors (Lipinski definition) is 0. The van der Waals surface area contributed by atoms with Gasteiger partial charge in [0, 0.05) is 6.04 Å². The Kier molecular flexibility index (Phi) is 3.47. The van der Waals surface area contributed by atoms with Crippen molar-refractivity contribution in [2.24, 2.45) is 0 Å². The second-order valence-corrected chi connectivity index (χ2v) is 3.65. The van der Waals surface area contributed by atoms with Gasteiger partial charge in [0.2, 0.25) is 5.78 Å². The zero-order chi connectivity index (χ0) is 10.7. The minimum atomic E-state index is -0.108. The topological polar surface area (TPSA) is 34.9 Å². The van der Waals surface area contributed by atoms with E-state index in [1.165, 1.54) is 12.3 Å². The molecule has 0 spiro atoms. The lowest BCUT2D eigenvalue weighted by Crippen LogP contribution is -2.11. The summed E-state index contributed by atoms with van der Waals surface area (Å²) in [4.78, 5) is 11.6. The fourth-order valence-corrected chi connectivity index (χ4v) is 1.42. The van der Waals surface area contributed by atoms with Crippen LogP contribution in [0.5, 0.6) is 0 Å². The Bertz CT molecular complexity index is 366. The van der Waals surface area contributed by atoms with Crippen LogP contribution >= 0.6 is 11.6 Å². The fraction of sp³-hybridized carbons (Fsp3) is 0.400. The molecule has 0 aliphatic rings. The predicted octanol–water partition coefficient (Wildman–Crippen LogP) is 2.88. The Labute approximate surface area is 88.4 Å². The van der Waals surface area contributed by atoms with Crippen LogP contribution in [0.4, 0.5) is 0 Å². The third-order valence-corrected chi connectivity index (χ3v) is 2.07. The third kappa shape index (κ3) is 2.04. The number of halogens is 1. The zero-order valence-corrected chi connectivity index (χ0v) is 9.25. The summed E-state index contributed by atoms with van der Waals surface area (Å²) in [6.07, 6.45) is 4.68. The van der Waals surface area contributed by atoms with Gasteiger partial charge in [-0.15, -0.1) is 0 Å². The molecule has 0 saturated carbocycles. The standard InChI is InChI=1S/C10H13ClN2O/c1-4-5-9(14)10-8(11)6-12-13(10)7(2)3/h4-7H,1-3H3/b5-4+. The van der Waals surface area contributed by atoms with Crippen LogP contribution in [0.3, 0.4) is 0 Å². The largest absolute Gasteiger partial charge is 0.288 e. The molecule has 0 bridgehead atoms. The first kappa shape index (κ1) is 11.0. The summed E-state index contributed by atoms with van der Waals surface area (Å²) >= 11 is 5.88. The van der Waals surface area contributed by atoms with E-state index in [1.54, 1.807) is 17.7 Å². The van der Waals surface area contributed by atoms with Crippen molar-refractivity contribution in [3.05, 3.63) is 29.1 Å². The zero-order valence-electron chi connectivity index (χ0n) is 8.49. The molecule has 0 aliphatic heterocycles. The molecule has 3 nitrogen and oxygen atoms in total. The van der Waals surface area contributed by atoms with Crippen molar-refractivity contribution in [1.29, 1.82) is 0 Å². The lowest BCUT2D eigenvalue weighted by atomic mass is 10.2. The Morgan fingerprint density at radius 2 is 2.29 bits per heavy atom. The molecule has 0 saturated heterocycles. The monoisotopic (exact) mass is 212 g/mol. The van der Waals surface area contributed by atoms with Crippen LogP contribution in [0.15, 0.2) is 18.3 Å². The fourth-order valence-electron chi connectivity index (χ4n) is 1.19. The van der Waals surface area contributed by atoms with Crippen molar-refractivity contribution in [2.45, 2.75) is 26.8 Å². The number of nitrogens with zero attached hydrogens (tertiary/aromatic N) is 2. The van der Waals surface area contributed by atoms with E-state index in [1.807, 2.05) is 13.8 Å². The molecule has 0 unspecified atom stereocenters. The van der Waals surface area contributed by atoms with Crippen LogP contribution in [0.1, 0.15) is 37.3 Å². The van der Waals surface area contributed by atoms with E-state index in [-0.39, 0.29) is 11.8 Å². The molecule has 0 aromatic carbocycles. The minimum Gasteiger partial charge on any atom is -0.288 e. The van der Waals surface area contributed by atoms with Gasteiger partial charge in [0.25, 0.3) is 0 Å². The van der Waals surface area contributed by atoms with Crippen LogP contribution in [0.25, 0.3) is 0 Å². The van der Waals surface area contributed by atoms with E-state index in [4.69, 9.17) is 11.6 Å². The van der Waals surface area contributed by atoms with Gasteiger partial charge in [-0.05, 0) is 26.8 Å². The van der Waals surface area contributed by atoms with Crippen LogP contribution < -0.4 is 0 Å². The van der Waals surface area contributed by atoms with Gasteiger partial charge in [0.05, 0.1) is 11.2 Å². The average Bonchev–Trinajstić information content (AvgIpc) is 2.47. The molecule has 14 heavy (non-hydrogen) atoms. The first-order chi connectivity index (χ1) is 6.57. The summed E-state index contributed by atoms with van der Waals surface area (Å²) in [7, 11) is 0. The first-order valence-electron chi connectivity index (χ1n) is 4.48. The van der Waals surface area contributed by atoms with E-state index in [0.29, 0.717) is 10.7 Å². The summed E-state index contributed by atoms with van der Waals surface area (Å²) in [6, 6.07) is 0.131. The molecule has 0 radical (unpaired) electrons. The van der Waals surface area contributed by atoms with Gasteiger partial charge in [0.15, 0.2) is 0 Å². The SMILES string of the molecule is C/C=C/C(=O)c1c(Cl)cnn1C(C)C. The average molecular weight is 213 g/mol. The molecule has 0 fully saturated rings. The maximum atomic E-state index is 11.6. The second kappa shape index (κ2) is 4.42. The lowest BCUT2D eigenvalue weighted by Gasteiger charge is -2.08. The normalized spacial score (nSPS) is 11.5. The predicted molar refractivity (Wildman–Crippen MR) is 56.8 cm³/mol. The summed E-state index contributed by atoms with van der Waals surface area (Å²) in [6.45, 7) is 5.70. The lowest BCUT2D eigenvalue weighted by molar-refractivity contribution is 0.103. The molecule has 0 aliphatic carbocycles. The van der Waals surface area contributed by atoms with E-state index in [2.05, 4.69) is 5.10 Å². The number of carbonyl (C=O) groups is 1. The number of ketones is 1. The highest BCUT2D eigenvalue weighted by atomic mass is 35.5. The molecule has 1 aromatic heterocycles. The highest BCUT2D eigenvalue weighted by Crippen LogP contribution is 2.19. The maximum Gasteiger partial charge on any atom is 0.205 e. The highest BCUT2D eigenvalue weighted by molar-refractivity contribution is 6.34. The number of hydrogen-bond acceptors (Lipinski definition) is 2. The molecule has 1 aromatic rings. The maximum absolute atomic E-state index is 11.6. The Morgan fingerprint density at radius 3 is 2.79 bits per heavy atom. The number of rotatable bonds is 3. The van der Waals surface area contributed by atoms with Gasteiger partial charge in [-0.3, -0.25) is 9.48 Å². The van der Waals surface area contributed by atoms with E-state index in [9.17, 15) is 4.79 Å². The number of aromatic nitrogens is 2. The third-order valence-electron chi connectivity index (χ3n) is 1.79. The van der Waals surface area contributed by atoms with E-state index >= 15 is 0 Å². The van der Waals surface area contributed by atoms with Crippen LogP contribution in [0, 0.1) is 0 Å². The van der Waals surface area contributed by atoms with Crippen molar-refractivity contribution < 1.29 is 4.79 Å². The summed E-state index contributed by atoms with van der Waals surface area (Å²) in [5.41, 5.74) is 0.458. The summed E-state index contributed by atoms with van der Waals surface area (Å²) < 4.78 is 1.63. The molecule has 1 heterocycles. The Morgan fingerprint density at radius 1 is 1.64 bits per heavy atom. The Hall–Kier alpha value is -1.09. The second-order valence-electron chi connectivity index (χ2n) is 3.24. The molecule has 4 heteroatoms. The van der Waals surface area contributed by atoms with E-state index in [0.717, 1.165) is 0 Å². The van der Waals surface area contributed by atoms with Crippen molar-refractivity contribution >= 4 is 17.4 Å². The van der Waals surface area contributed by atoms with Crippen LogP contribution in [0.2, 0.25) is 5.02 Å². The first-order valence-corrected chi connectivity index (χ1v) is 4.85. The van der Waals surface area contributed by atoms with E-state index < -0.39 is 0 Å². The van der Waals surface area contributed by atoms with Crippen molar-refractivity contribution in [3.63, 3.8) is 0 Å². The summed E-state index contributed by atoms with van der Waals surface area (Å²) in [5, 5.41) is 4.45. The molecule has 0 atom stereocenters. The van der Waals surface area contributed by atoms with Crippen LogP contribution in [-0.4, -0.2) is 15.6 Å².